The van der Waals surface area contributed by atoms with Crippen LogP contribution < -0.4 is 22.1 Å². The number of benzene rings is 4. The lowest BCUT2D eigenvalue weighted by atomic mass is 9.98. The van der Waals surface area contributed by atoms with Crippen LogP contribution in [0, 0.1) is 0 Å². The first kappa shape index (κ1) is 23.7. The van der Waals surface area contributed by atoms with Crippen molar-refractivity contribution in [2.75, 3.05) is 26.2 Å². The van der Waals surface area contributed by atoms with Crippen LogP contribution in [-0.4, -0.2) is 26.2 Å². The molecule has 35 heavy (non-hydrogen) atoms. The number of nitrogens with one attached hydrogen (secondary N) is 2. The first-order chi connectivity index (χ1) is 17.2. The van der Waals surface area contributed by atoms with E-state index in [0.29, 0.717) is 13.1 Å². The maximum Gasteiger partial charge on any atom is 0.0355 e. The van der Waals surface area contributed by atoms with Gasteiger partial charge in [0.1, 0.15) is 0 Å². The van der Waals surface area contributed by atoms with E-state index in [-0.39, 0.29) is 0 Å². The van der Waals surface area contributed by atoms with Gasteiger partial charge in [0.2, 0.25) is 0 Å². The van der Waals surface area contributed by atoms with Crippen LogP contribution in [0.4, 0.5) is 0 Å². The van der Waals surface area contributed by atoms with Crippen LogP contribution in [0.2, 0.25) is 0 Å². The van der Waals surface area contributed by atoms with Crippen molar-refractivity contribution in [1.29, 1.82) is 0 Å². The molecule has 0 aliphatic rings. The van der Waals surface area contributed by atoms with Gasteiger partial charge >= 0.3 is 0 Å². The van der Waals surface area contributed by atoms with Gasteiger partial charge in [0.15, 0.2) is 0 Å². The Morgan fingerprint density at radius 2 is 1.00 bits per heavy atom. The number of hydrogen-bond donors (Lipinski definition) is 4. The Labute approximate surface area is 211 Å². The minimum absolute atomic E-state index is 0.652. The van der Waals surface area contributed by atoms with Crippen molar-refractivity contribution in [3.05, 3.63) is 96.1 Å². The average Bonchev–Trinajstić information content (AvgIpc) is 3.26. The van der Waals surface area contributed by atoms with Crippen LogP contribution in [0.15, 0.2) is 84.9 Å². The van der Waals surface area contributed by atoms with Crippen LogP contribution in [-0.2, 0) is 13.1 Å². The van der Waals surface area contributed by atoms with Crippen molar-refractivity contribution in [3.63, 3.8) is 0 Å². The van der Waals surface area contributed by atoms with Gasteiger partial charge in [-0.1, -0.05) is 48.5 Å². The summed E-state index contributed by atoms with van der Waals surface area (Å²) in [5.74, 6) is 0. The molecule has 1 heterocycles. The molecule has 4 aromatic carbocycles. The standard InChI is InChI=1S/C30H32N4S/c31-11-13-33-19-21-3-1-5-23(15-21)25-7-9-29-27(17-25)28-18-26(8-10-30(28)35-29)24-6-2-4-22(16-24)20-34-14-12-32/h1-10,15-18,33-34H,11-14,19-20,31-32H2. The van der Waals surface area contributed by atoms with Crippen LogP contribution in [0.1, 0.15) is 11.1 Å². The predicted octanol–water partition coefficient (Wildman–Crippen LogP) is 5.49. The number of fused-ring (bicyclic) bond motifs is 3. The second kappa shape index (κ2) is 11.1. The summed E-state index contributed by atoms with van der Waals surface area (Å²) in [5, 5.41) is 9.41. The Kier molecular flexibility index (Phi) is 7.52. The summed E-state index contributed by atoms with van der Waals surface area (Å²) in [7, 11) is 0. The molecule has 0 atom stereocenters. The molecule has 0 aliphatic heterocycles. The molecule has 0 fully saturated rings. The lowest BCUT2D eigenvalue weighted by Gasteiger charge is -2.08. The summed E-state index contributed by atoms with van der Waals surface area (Å²) >= 11 is 1.86. The second-order valence-corrected chi connectivity index (χ2v) is 9.94. The highest BCUT2D eigenvalue weighted by Crippen LogP contribution is 2.38. The average molecular weight is 481 g/mol. The summed E-state index contributed by atoms with van der Waals surface area (Å²) in [6.45, 7) is 4.62. The highest BCUT2D eigenvalue weighted by Gasteiger charge is 2.10. The molecule has 4 nitrogen and oxygen atoms in total. The van der Waals surface area contributed by atoms with Crippen molar-refractivity contribution in [3.8, 4) is 22.3 Å². The molecular weight excluding hydrogens is 448 g/mol. The van der Waals surface area contributed by atoms with Gasteiger partial charge in [0.05, 0.1) is 0 Å². The van der Waals surface area contributed by atoms with Crippen LogP contribution >= 0.6 is 11.3 Å². The van der Waals surface area contributed by atoms with E-state index >= 15 is 0 Å². The summed E-state index contributed by atoms with van der Waals surface area (Å²) in [5.41, 5.74) is 18.7. The van der Waals surface area contributed by atoms with E-state index in [1.54, 1.807) is 0 Å². The van der Waals surface area contributed by atoms with Crippen molar-refractivity contribution in [2.45, 2.75) is 13.1 Å². The van der Waals surface area contributed by atoms with Crippen LogP contribution in [0.5, 0.6) is 0 Å². The maximum atomic E-state index is 5.61. The number of nitrogens with two attached hydrogens (primary N) is 2. The zero-order valence-electron chi connectivity index (χ0n) is 19.9. The van der Waals surface area contributed by atoms with Gasteiger partial charge in [-0.05, 0) is 69.8 Å². The van der Waals surface area contributed by atoms with E-state index in [1.807, 2.05) is 11.3 Å². The molecule has 0 radical (unpaired) electrons. The fraction of sp³-hybridized carbons (Fsp3) is 0.200. The predicted molar refractivity (Wildman–Crippen MR) is 152 cm³/mol. The molecule has 5 aromatic rings. The molecule has 0 amide bonds. The van der Waals surface area contributed by atoms with E-state index in [2.05, 4.69) is 95.6 Å². The fourth-order valence-corrected chi connectivity index (χ4v) is 5.59. The van der Waals surface area contributed by atoms with Gasteiger partial charge in [0.25, 0.3) is 0 Å². The van der Waals surface area contributed by atoms with Crippen molar-refractivity contribution in [1.82, 2.24) is 10.6 Å². The van der Waals surface area contributed by atoms with Crippen molar-refractivity contribution in [2.24, 2.45) is 11.5 Å². The lowest BCUT2D eigenvalue weighted by Crippen LogP contribution is -2.21. The minimum Gasteiger partial charge on any atom is -0.329 e. The third-order valence-corrected chi connectivity index (χ3v) is 7.44. The molecule has 0 unspecified atom stereocenters. The van der Waals surface area contributed by atoms with Gasteiger partial charge < -0.3 is 22.1 Å². The summed E-state index contributed by atoms with van der Waals surface area (Å²) in [6.07, 6.45) is 0. The van der Waals surface area contributed by atoms with Crippen molar-refractivity contribution < 1.29 is 0 Å². The van der Waals surface area contributed by atoms with Crippen LogP contribution in [0.3, 0.4) is 0 Å². The summed E-state index contributed by atoms with van der Waals surface area (Å²) < 4.78 is 2.64. The minimum atomic E-state index is 0.652. The molecule has 1 aromatic heterocycles. The Morgan fingerprint density at radius 3 is 1.46 bits per heavy atom. The summed E-state index contributed by atoms with van der Waals surface area (Å²) in [6, 6.07) is 31.2. The molecule has 178 valence electrons. The highest BCUT2D eigenvalue weighted by molar-refractivity contribution is 7.25. The molecule has 0 spiro atoms. The smallest absolute Gasteiger partial charge is 0.0355 e. The molecule has 5 rings (SSSR count). The highest BCUT2D eigenvalue weighted by atomic mass is 32.1. The van der Waals surface area contributed by atoms with E-state index in [4.69, 9.17) is 11.5 Å². The van der Waals surface area contributed by atoms with Gasteiger partial charge in [0, 0.05) is 59.4 Å². The first-order valence-electron chi connectivity index (χ1n) is 12.2. The van der Waals surface area contributed by atoms with E-state index in [9.17, 15) is 0 Å². The maximum absolute atomic E-state index is 5.61. The number of thiophene rings is 1. The quantitative estimate of drug-likeness (QED) is 0.200. The van der Waals surface area contributed by atoms with Gasteiger partial charge in [-0.15, -0.1) is 11.3 Å². The third kappa shape index (κ3) is 5.45. The van der Waals surface area contributed by atoms with E-state index in [0.717, 1.165) is 26.2 Å². The monoisotopic (exact) mass is 480 g/mol. The molecular formula is C30H32N4S. The fourth-order valence-electron chi connectivity index (χ4n) is 4.53. The molecule has 0 saturated heterocycles. The van der Waals surface area contributed by atoms with Gasteiger partial charge in [-0.25, -0.2) is 0 Å². The topological polar surface area (TPSA) is 76.1 Å². The van der Waals surface area contributed by atoms with E-state index in [1.165, 1.54) is 53.6 Å². The molecule has 0 aliphatic carbocycles. The number of hydrogen-bond acceptors (Lipinski definition) is 5. The Hall–Kier alpha value is -3.06. The Bertz CT molecular complexity index is 1330. The van der Waals surface area contributed by atoms with Gasteiger partial charge in [-0.3, -0.25) is 0 Å². The molecule has 6 N–H and O–H groups in total. The molecule has 0 saturated carbocycles. The second-order valence-electron chi connectivity index (χ2n) is 8.86. The Balaban J connectivity index is 1.48. The molecule has 5 heteroatoms. The lowest BCUT2D eigenvalue weighted by molar-refractivity contribution is 0.695. The van der Waals surface area contributed by atoms with Crippen LogP contribution in [0.25, 0.3) is 42.4 Å². The molecule has 0 bridgehead atoms. The SMILES string of the molecule is NCCNCc1cccc(-c2ccc3sc4ccc(-c5cccc(CNCCN)c5)cc4c3c2)c1. The zero-order chi connectivity index (χ0) is 24.0. The van der Waals surface area contributed by atoms with Crippen molar-refractivity contribution >= 4 is 31.5 Å². The van der Waals surface area contributed by atoms with Gasteiger partial charge in [-0.2, -0.15) is 0 Å². The first-order valence-corrected chi connectivity index (χ1v) is 13.0. The third-order valence-electron chi connectivity index (χ3n) is 6.29. The Morgan fingerprint density at radius 1 is 0.543 bits per heavy atom. The summed E-state index contributed by atoms with van der Waals surface area (Å²) in [4.78, 5) is 0. The zero-order valence-corrected chi connectivity index (χ0v) is 20.7. The van der Waals surface area contributed by atoms with E-state index < -0.39 is 0 Å². The normalized spacial score (nSPS) is 11.5. The largest absolute Gasteiger partial charge is 0.329 e. The number of rotatable bonds is 10.